The van der Waals surface area contributed by atoms with Crippen LogP contribution in [0.15, 0.2) is 0 Å². The van der Waals surface area contributed by atoms with Gasteiger partial charge in [0.05, 0.1) is 38.2 Å². The number of aliphatic hydroxyl groups excluding tert-OH is 2. The Morgan fingerprint density at radius 2 is 0.917 bits per heavy atom. The molecule has 0 unspecified atom stereocenters. The summed E-state index contributed by atoms with van der Waals surface area (Å²) >= 11 is -1.22. The number of rotatable bonds is 1. The minimum absolute atomic E-state index is 0.125. The highest BCUT2D eigenvalue weighted by Crippen LogP contribution is 1.62. The molecule has 0 bridgehead atoms. The van der Waals surface area contributed by atoms with E-state index in [0.717, 1.165) is 0 Å². The normalized spacial score (nSPS) is 8.50. The van der Waals surface area contributed by atoms with E-state index >= 15 is 0 Å². The summed E-state index contributed by atoms with van der Waals surface area (Å²) in [5.74, 6) is 0. The monoisotopic (exact) mass is 218 g/mol. The first kappa shape index (κ1) is 18.3. The quantitative estimate of drug-likeness (QED) is 0.550. The van der Waals surface area contributed by atoms with Crippen molar-refractivity contribution < 1.29 is 19.3 Å². The zero-order valence-corrected chi connectivity index (χ0v) is 9.57. The van der Waals surface area contributed by atoms with Crippen LogP contribution in [0.3, 0.4) is 0 Å². The smallest absolute Gasteiger partial charge is 0.0946 e. The lowest BCUT2D eigenvalue weighted by Crippen LogP contribution is -1.86. The molecule has 0 spiro atoms. The highest BCUT2D eigenvalue weighted by molar-refractivity contribution is 7.90. The topological polar surface area (TPSA) is 86.6 Å². The number of hydrogen-bond acceptors (Lipinski definition) is 4. The Bertz CT molecular complexity index is 48.0. The van der Waals surface area contributed by atoms with E-state index in [0.29, 0.717) is 0 Å². The molecule has 0 aromatic rings. The molecule has 0 saturated carbocycles. The van der Waals surface area contributed by atoms with E-state index in [-0.39, 0.29) is 13.2 Å². The molecule has 0 aromatic heterocycles. The average Bonchev–Trinajstić information content (AvgIpc) is 1.85. The van der Waals surface area contributed by atoms with Crippen molar-refractivity contribution >= 4 is 22.4 Å². The second-order valence-corrected chi connectivity index (χ2v) is 4.90. The van der Waals surface area contributed by atoms with Crippen molar-refractivity contribution in [3.63, 3.8) is 0 Å². The van der Waals surface area contributed by atoms with Gasteiger partial charge in [0.1, 0.15) is 0 Å². The van der Waals surface area contributed by atoms with Crippen LogP contribution in [0.4, 0.5) is 0 Å². The standard InChI is InChI=1S/C2H6O2.2C2H6OS/c3-1-2-4;2*1-4(2)3/h3-4H,1-2H2;2*1-2H3. The Labute approximate surface area is 80.4 Å². The van der Waals surface area contributed by atoms with Crippen molar-refractivity contribution in [2.24, 2.45) is 0 Å². The van der Waals surface area contributed by atoms with Crippen molar-refractivity contribution in [1.29, 1.82) is 0 Å². The summed E-state index contributed by atoms with van der Waals surface area (Å²) in [6.45, 7) is -0.250. The van der Waals surface area contributed by atoms with Crippen LogP contribution in [0.25, 0.3) is 0 Å². The summed E-state index contributed by atoms with van der Waals surface area (Å²) in [5, 5.41) is 15.2. The maximum Gasteiger partial charge on any atom is 0.0946 e. The van der Waals surface area contributed by atoms with E-state index in [1.807, 2.05) is 0 Å². The van der Waals surface area contributed by atoms with Crippen LogP contribution in [0.1, 0.15) is 0 Å². The molecular weight excluding hydrogens is 200 g/mol. The minimum atomic E-state index is -0.611. The Hall–Kier alpha value is 0.540. The minimum Gasteiger partial charge on any atom is -0.617 e. The Morgan fingerprint density at radius 1 is 0.833 bits per heavy atom. The van der Waals surface area contributed by atoms with E-state index in [4.69, 9.17) is 10.2 Å². The highest BCUT2D eigenvalue weighted by Gasteiger charge is 1.66. The van der Waals surface area contributed by atoms with Gasteiger partial charge in [0, 0.05) is 0 Å². The van der Waals surface area contributed by atoms with Gasteiger partial charge in [-0.25, -0.2) is 0 Å². The zero-order chi connectivity index (χ0) is 10.6. The molecule has 0 fully saturated rings. The summed E-state index contributed by atoms with van der Waals surface area (Å²) in [6, 6.07) is 0. The second kappa shape index (κ2) is 17.6. The Kier molecular flexibility index (Phi) is 26.9. The van der Waals surface area contributed by atoms with Crippen molar-refractivity contribution in [3.8, 4) is 0 Å². The molecule has 0 radical (unpaired) electrons. The van der Waals surface area contributed by atoms with Crippen molar-refractivity contribution in [3.05, 3.63) is 0 Å². The molecule has 6 heteroatoms. The summed E-state index contributed by atoms with van der Waals surface area (Å²) in [6.07, 6.45) is 6.56. The molecule has 4 nitrogen and oxygen atoms in total. The van der Waals surface area contributed by atoms with Gasteiger partial charge in [-0.15, -0.1) is 0 Å². The molecule has 0 saturated heterocycles. The fourth-order valence-corrected chi connectivity index (χ4v) is 0. The van der Waals surface area contributed by atoms with Crippen LogP contribution >= 0.6 is 0 Å². The third-order valence-electron chi connectivity index (χ3n) is 0.1000. The van der Waals surface area contributed by atoms with Gasteiger partial charge >= 0.3 is 0 Å². The van der Waals surface area contributed by atoms with Gasteiger partial charge in [0.25, 0.3) is 0 Å². The van der Waals surface area contributed by atoms with Gasteiger partial charge in [-0.2, -0.15) is 0 Å². The molecule has 78 valence electrons. The first-order valence-corrected chi connectivity index (χ1v) is 7.03. The molecule has 0 rings (SSSR count). The summed E-state index contributed by atoms with van der Waals surface area (Å²) in [4.78, 5) is 0. The fourth-order valence-electron chi connectivity index (χ4n) is 0. The molecule has 0 atom stereocenters. The molecular formula is C6H18O4S2. The van der Waals surface area contributed by atoms with Crippen molar-refractivity contribution in [1.82, 2.24) is 0 Å². The molecule has 0 amide bonds. The van der Waals surface area contributed by atoms with E-state index in [9.17, 15) is 9.11 Å². The lowest BCUT2D eigenvalue weighted by molar-refractivity contribution is 0.186. The Morgan fingerprint density at radius 3 is 0.917 bits per heavy atom. The van der Waals surface area contributed by atoms with Crippen molar-refractivity contribution in [2.75, 3.05) is 38.2 Å². The predicted molar refractivity (Wildman–Crippen MR) is 54.2 cm³/mol. The Balaban J connectivity index is -0.000000101. The summed E-state index contributed by atoms with van der Waals surface area (Å²) < 4.78 is 19.1. The van der Waals surface area contributed by atoms with Crippen molar-refractivity contribution in [2.45, 2.75) is 0 Å². The third-order valence-corrected chi connectivity index (χ3v) is 0.1000. The van der Waals surface area contributed by atoms with E-state index in [2.05, 4.69) is 0 Å². The van der Waals surface area contributed by atoms with E-state index in [1.165, 1.54) is 0 Å². The summed E-state index contributed by atoms with van der Waals surface area (Å²) in [7, 11) is 0. The lowest BCUT2D eigenvalue weighted by Gasteiger charge is -1.87. The zero-order valence-electron chi connectivity index (χ0n) is 7.94. The largest absolute Gasteiger partial charge is 0.617 e. The van der Waals surface area contributed by atoms with Crippen LogP contribution < -0.4 is 0 Å². The van der Waals surface area contributed by atoms with Crippen LogP contribution in [-0.4, -0.2) is 57.6 Å². The molecule has 0 aromatic carbocycles. The SMILES string of the molecule is C[S+](C)[O-].C[S+](C)[O-].OCCO. The van der Waals surface area contributed by atoms with Gasteiger partial charge in [-0.3, -0.25) is 0 Å². The number of aliphatic hydroxyl groups is 2. The molecule has 0 aliphatic rings. The highest BCUT2D eigenvalue weighted by atomic mass is 32.2. The molecule has 0 aliphatic carbocycles. The first-order chi connectivity index (χ1) is 5.38. The summed E-state index contributed by atoms with van der Waals surface area (Å²) in [5.41, 5.74) is 0. The van der Waals surface area contributed by atoms with Crippen LogP contribution in [0, 0.1) is 0 Å². The third kappa shape index (κ3) is 404. The van der Waals surface area contributed by atoms with Gasteiger partial charge in [-0.1, -0.05) is 22.4 Å². The van der Waals surface area contributed by atoms with E-state index < -0.39 is 22.4 Å². The van der Waals surface area contributed by atoms with Crippen LogP contribution in [-0.2, 0) is 22.4 Å². The van der Waals surface area contributed by atoms with E-state index in [1.54, 1.807) is 25.0 Å². The maximum absolute atomic E-state index is 9.56. The van der Waals surface area contributed by atoms with Gasteiger partial charge in [-0.05, 0) is 0 Å². The van der Waals surface area contributed by atoms with Crippen LogP contribution in [0.5, 0.6) is 0 Å². The average molecular weight is 218 g/mol. The van der Waals surface area contributed by atoms with Crippen LogP contribution in [0.2, 0.25) is 0 Å². The first-order valence-electron chi connectivity index (χ1n) is 3.10. The molecule has 12 heavy (non-hydrogen) atoms. The fraction of sp³-hybridized carbons (Fsp3) is 1.00. The second-order valence-electron chi connectivity index (χ2n) is 1.93. The maximum atomic E-state index is 9.56. The molecule has 2 N–H and O–H groups in total. The molecule has 0 aliphatic heterocycles. The number of hydrogen-bond donors (Lipinski definition) is 2. The predicted octanol–water partition coefficient (Wildman–Crippen LogP) is -1.04. The lowest BCUT2D eigenvalue weighted by atomic mass is 10.8. The molecule has 0 heterocycles. The van der Waals surface area contributed by atoms with Gasteiger partial charge in [0.15, 0.2) is 0 Å². The van der Waals surface area contributed by atoms with Gasteiger partial charge in [0.2, 0.25) is 0 Å². The van der Waals surface area contributed by atoms with Gasteiger partial charge < -0.3 is 19.3 Å².